The van der Waals surface area contributed by atoms with Crippen LogP contribution in [0.25, 0.3) is 0 Å². The minimum Gasteiger partial charge on any atom is -0.497 e. The summed E-state index contributed by atoms with van der Waals surface area (Å²) in [6, 6.07) is 14.3. The van der Waals surface area contributed by atoms with Crippen LogP contribution in [-0.4, -0.2) is 33.3 Å². The van der Waals surface area contributed by atoms with Crippen molar-refractivity contribution in [2.24, 2.45) is 4.99 Å². The van der Waals surface area contributed by atoms with E-state index in [1.54, 1.807) is 14.2 Å². The molecule has 27 heavy (non-hydrogen) atoms. The first kappa shape index (κ1) is 23.1. The zero-order valence-corrected chi connectivity index (χ0v) is 18.9. The minimum atomic E-state index is 0. The molecule has 0 spiro atoms. The summed E-state index contributed by atoms with van der Waals surface area (Å²) >= 11 is 0. The molecule has 0 aliphatic rings. The van der Waals surface area contributed by atoms with Gasteiger partial charge >= 0.3 is 0 Å². The number of rotatable bonds is 8. The van der Waals surface area contributed by atoms with E-state index in [0.717, 1.165) is 42.5 Å². The van der Waals surface area contributed by atoms with Gasteiger partial charge in [0.25, 0.3) is 0 Å². The number of aliphatic imine (C=N–C) groups is 1. The number of ether oxygens (including phenoxy) is 2. The molecule has 0 heterocycles. The van der Waals surface area contributed by atoms with Crippen molar-refractivity contribution in [1.29, 1.82) is 0 Å². The van der Waals surface area contributed by atoms with Crippen LogP contribution in [0.3, 0.4) is 0 Å². The first-order valence-corrected chi connectivity index (χ1v) is 8.94. The van der Waals surface area contributed by atoms with Gasteiger partial charge in [0.1, 0.15) is 11.5 Å². The second-order valence-corrected chi connectivity index (χ2v) is 6.08. The van der Waals surface area contributed by atoms with Crippen LogP contribution in [0.4, 0.5) is 0 Å². The molecular formula is C21H30IN3O2. The van der Waals surface area contributed by atoms with Crippen molar-refractivity contribution in [3.8, 4) is 11.5 Å². The summed E-state index contributed by atoms with van der Waals surface area (Å²) in [6.07, 6.45) is 0.923. The highest BCUT2D eigenvalue weighted by atomic mass is 127. The largest absolute Gasteiger partial charge is 0.497 e. The minimum absolute atomic E-state index is 0. The van der Waals surface area contributed by atoms with E-state index < -0.39 is 0 Å². The van der Waals surface area contributed by atoms with Crippen molar-refractivity contribution in [3.05, 3.63) is 59.2 Å². The van der Waals surface area contributed by atoms with E-state index in [4.69, 9.17) is 9.47 Å². The molecule has 6 heteroatoms. The van der Waals surface area contributed by atoms with Crippen LogP contribution in [-0.2, 0) is 13.0 Å². The number of benzene rings is 2. The van der Waals surface area contributed by atoms with Gasteiger partial charge in [-0.25, -0.2) is 4.99 Å². The van der Waals surface area contributed by atoms with E-state index in [2.05, 4.69) is 47.7 Å². The molecule has 5 nitrogen and oxygen atoms in total. The molecule has 2 rings (SSSR count). The van der Waals surface area contributed by atoms with Crippen LogP contribution < -0.4 is 20.1 Å². The number of nitrogens with zero attached hydrogens (tertiary/aromatic N) is 1. The number of hydrogen-bond donors (Lipinski definition) is 2. The molecule has 0 fully saturated rings. The Hall–Kier alpha value is -1.96. The van der Waals surface area contributed by atoms with E-state index in [1.807, 2.05) is 24.3 Å². The average Bonchev–Trinajstić information content (AvgIpc) is 2.66. The third-order valence-corrected chi connectivity index (χ3v) is 3.98. The van der Waals surface area contributed by atoms with Gasteiger partial charge < -0.3 is 20.1 Å². The van der Waals surface area contributed by atoms with Crippen molar-refractivity contribution in [2.75, 3.05) is 27.3 Å². The van der Waals surface area contributed by atoms with E-state index >= 15 is 0 Å². The maximum absolute atomic E-state index is 5.33. The molecule has 148 valence electrons. The van der Waals surface area contributed by atoms with Crippen LogP contribution in [0.5, 0.6) is 11.5 Å². The van der Waals surface area contributed by atoms with Crippen LogP contribution >= 0.6 is 24.0 Å². The fourth-order valence-corrected chi connectivity index (χ4v) is 2.66. The number of methoxy groups -OCH3 is 2. The predicted molar refractivity (Wildman–Crippen MR) is 123 cm³/mol. The predicted octanol–water partition coefficient (Wildman–Crippen LogP) is 3.93. The molecule has 2 aromatic rings. The molecule has 0 aliphatic carbocycles. The molecule has 0 unspecified atom stereocenters. The van der Waals surface area contributed by atoms with Crippen molar-refractivity contribution < 1.29 is 9.47 Å². The SMILES string of the molecule is CCNC(=NCc1cc(C)cc(OC)c1)NCCc1ccc(OC)cc1.I. The molecule has 0 aliphatic heterocycles. The van der Waals surface area contributed by atoms with Crippen molar-refractivity contribution >= 4 is 29.9 Å². The highest BCUT2D eigenvalue weighted by Gasteiger charge is 2.01. The zero-order valence-electron chi connectivity index (χ0n) is 16.5. The Bertz CT molecular complexity index is 718. The lowest BCUT2D eigenvalue weighted by atomic mass is 10.1. The smallest absolute Gasteiger partial charge is 0.191 e. The number of guanidine groups is 1. The van der Waals surface area contributed by atoms with Crippen LogP contribution in [0, 0.1) is 6.92 Å². The molecule has 0 aromatic heterocycles. The fraction of sp³-hybridized carbons (Fsp3) is 0.381. The summed E-state index contributed by atoms with van der Waals surface area (Å²) in [6.45, 7) is 6.38. The number of aryl methyl sites for hydroxylation is 1. The topological polar surface area (TPSA) is 54.9 Å². The van der Waals surface area contributed by atoms with Gasteiger partial charge in [-0.2, -0.15) is 0 Å². The maximum atomic E-state index is 5.33. The maximum Gasteiger partial charge on any atom is 0.191 e. The van der Waals surface area contributed by atoms with E-state index in [9.17, 15) is 0 Å². The summed E-state index contributed by atoms with van der Waals surface area (Å²) in [7, 11) is 3.37. The van der Waals surface area contributed by atoms with Crippen molar-refractivity contribution in [2.45, 2.75) is 26.8 Å². The lowest BCUT2D eigenvalue weighted by Gasteiger charge is -2.12. The van der Waals surface area contributed by atoms with Gasteiger partial charge in [0, 0.05) is 13.1 Å². The Morgan fingerprint density at radius 2 is 1.63 bits per heavy atom. The highest BCUT2D eigenvalue weighted by Crippen LogP contribution is 2.17. The molecule has 0 bridgehead atoms. The Kier molecular flexibility index (Phi) is 10.6. The van der Waals surface area contributed by atoms with Gasteiger partial charge in [-0.3, -0.25) is 0 Å². The molecule has 2 aromatic carbocycles. The van der Waals surface area contributed by atoms with Crippen molar-refractivity contribution in [3.63, 3.8) is 0 Å². The van der Waals surface area contributed by atoms with Crippen LogP contribution in [0.15, 0.2) is 47.5 Å². The summed E-state index contributed by atoms with van der Waals surface area (Å²) in [5.74, 6) is 2.57. The molecule has 2 N–H and O–H groups in total. The summed E-state index contributed by atoms with van der Waals surface area (Å²) in [5.41, 5.74) is 3.57. The average molecular weight is 483 g/mol. The normalized spacial score (nSPS) is 10.7. The fourth-order valence-electron chi connectivity index (χ4n) is 2.66. The molecule has 0 radical (unpaired) electrons. The Morgan fingerprint density at radius 3 is 2.26 bits per heavy atom. The van der Waals surface area contributed by atoms with Crippen LogP contribution in [0.2, 0.25) is 0 Å². The van der Waals surface area contributed by atoms with E-state index in [1.165, 1.54) is 11.1 Å². The molecule has 0 saturated carbocycles. The molecular weight excluding hydrogens is 453 g/mol. The summed E-state index contributed by atoms with van der Waals surface area (Å²) in [4.78, 5) is 4.68. The number of halogens is 1. The second kappa shape index (κ2) is 12.4. The Balaban J connectivity index is 0.00000364. The van der Waals surface area contributed by atoms with Gasteiger partial charge in [-0.1, -0.05) is 18.2 Å². The molecule has 0 amide bonds. The summed E-state index contributed by atoms with van der Waals surface area (Å²) < 4.78 is 10.5. The first-order valence-electron chi connectivity index (χ1n) is 8.94. The monoisotopic (exact) mass is 483 g/mol. The van der Waals surface area contributed by atoms with E-state index in [-0.39, 0.29) is 24.0 Å². The standard InChI is InChI=1S/C21H29N3O2.HI/c1-5-22-21(23-11-10-17-6-8-19(25-3)9-7-17)24-15-18-12-16(2)13-20(14-18)26-4;/h6-9,12-14H,5,10-11,15H2,1-4H3,(H2,22,23,24);1H. The van der Waals surface area contributed by atoms with Crippen molar-refractivity contribution in [1.82, 2.24) is 10.6 Å². The zero-order chi connectivity index (χ0) is 18.8. The van der Waals surface area contributed by atoms with Gasteiger partial charge in [0.15, 0.2) is 5.96 Å². The first-order chi connectivity index (χ1) is 12.6. The van der Waals surface area contributed by atoms with E-state index in [0.29, 0.717) is 6.54 Å². The second-order valence-electron chi connectivity index (χ2n) is 6.08. The van der Waals surface area contributed by atoms with Gasteiger partial charge in [-0.15, -0.1) is 24.0 Å². The molecule has 0 atom stereocenters. The third kappa shape index (κ3) is 8.07. The van der Waals surface area contributed by atoms with Gasteiger partial charge in [-0.05, 0) is 61.2 Å². The Labute approximate surface area is 179 Å². The van der Waals surface area contributed by atoms with Gasteiger partial charge in [0.2, 0.25) is 0 Å². The number of nitrogens with one attached hydrogen (secondary N) is 2. The van der Waals surface area contributed by atoms with Gasteiger partial charge in [0.05, 0.1) is 20.8 Å². The number of hydrogen-bond acceptors (Lipinski definition) is 3. The highest BCUT2D eigenvalue weighted by molar-refractivity contribution is 14.0. The lowest BCUT2D eigenvalue weighted by molar-refractivity contribution is 0.414. The summed E-state index contributed by atoms with van der Waals surface area (Å²) in [5, 5.41) is 6.68. The Morgan fingerprint density at radius 1 is 0.926 bits per heavy atom. The quantitative estimate of drug-likeness (QED) is 0.340. The third-order valence-electron chi connectivity index (χ3n) is 3.98. The molecule has 0 saturated heterocycles. The lowest BCUT2D eigenvalue weighted by Crippen LogP contribution is -2.38. The van der Waals surface area contributed by atoms with Crippen LogP contribution in [0.1, 0.15) is 23.6 Å².